The number of hydrogen-bond donors (Lipinski definition) is 0. The fourth-order valence-electron chi connectivity index (χ4n) is 0. The molecule has 0 spiro atoms. The van der Waals surface area contributed by atoms with Gasteiger partial charge in [-0.25, -0.2) is 0 Å². The first kappa shape index (κ1) is 38.0. The van der Waals surface area contributed by atoms with Gasteiger partial charge < -0.3 is 19.4 Å². The van der Waals surface area contributed by atoms with Gasteiger partial charge in [-0.15, -0.1) is 0 Å². The fourth-order valence-corrected chi connectivity index (χ4v) is 0. The first-order chi connectivity index (χ1) is 1.00. The number of nitrogens with two attached hydrogens (primary N) is 1. The van der Waals surface area contributed by atoms with E-state index in [1.165, 1.54) is 0 Å². The predicted octanol–water partition coefficient (Wildman–Crippen LogP) is -2.07. The van der Waals surface area contributed by atoms with E-state index in [9.17, 15) is 0 Å². The molecule has 0 aliphatic rings. The molecule has 0 radical (unpaired) electrons. The summed E-state index contributed by atoms with van der Waals surface area (Å²) < 4.78 is 0. The van der Waals surface area contributed by atoms with Gasteiger partial charge >= 0.3 is 46.6 Å². The molecule has 0 saturated heterocycles. The first-order valence-corrected chi connectivity index (χ1v) is 0.224. The standard InChI is InChI=1S/CN.Fe.H2N.Na.H/c1-2;;;;/h;;1H2;;/q-1;+2;-1;+1;-1. The van der Waals surface area contributed by atoms with Crippen LogP contribution in [-0.2, 0) is 17.1 Å². The van der Waals surface area contributed by atoms with Crippen molar-refractivity contribution in [3.8, 4) is 0 Å². The average Bonchev–Trinajstić information content (AvgIpc) is 1.00. The second kappa shape index (κ2) is 83.3. The van der Waals surface area contributed by atoms with E-state index in [1.54, 1.807) is 0 Å². The first-order valence-electron chi connectivity index (χ1n) is 0.224. The van der Waals surface area contributed by atoms with E-state index in [2.05, 4.69) is 0 Å². The Kier molecular flexibility index (Phi) is 633. The summed E-state index contributed by atoms with van der Waals surface area (Å²) in [6, 6.07) is 0. The van der Waals surface area contributed by atoms with E-state index in [0.717, 1.165) is 0 Å². The molecular formula is CH3FeN2Na. The summed E-state index contributed by atoms with van der Waals surface area (Å²) in [5.41, 5.74) is 0. The Balaban J connectivity index is -0.000000000833. The SMILES string of the molecule is [C-]#N.[Fe+2].[H-].[NH2-].[Na+]. The topological polar surface area (TPSA) is 57.3 Å². The molecule has 0 aromatic heterocycles. The molecule has 0 amide bonds. The average molecular weight is 122 g/mol. The predicted molar refractivity (Wildman–Crippen MR) is 11.4 cm³/mol. The number of nitrogens with zero attached hydrogens (tertiary/aromatic N) is 1. The van der Waals surface area contributed by atoms with Gasteiger partial charge in [0.1, 0.15) is 0 Å². The van der Waals surface area contributed by atoms with E-state index in [0.29, 0.717) is 0 Å². The molecule has 26 valence electrons. The van der Waals surface area contributed by atoms with Gasteiger partial charge in [-0.05, 0) is 0 Å². The summed E-state index contributed by atoms with van der Waals surface area (Å²) >= 11 is 0. The molecule has 0 unspecified atom stereocenters. The van der Waals surface area contributed by atoms with Crippen molar-refractivity contribution in [1.29, 1.82) is 5.26 Å². The maximum Gasteiger partial charge on any atom is 2.00 e. The minimum atomic E-state index is 0. The molecule has 0 fully saturated rings. The van der Waals surface area contributed by atoms with Crippen molar-refractivity contribution in [3.05, 3.63) is 12.7 Å². The Morgan fingerprint density at radius 3 is 1.40 bits per heavy atom. The second-order valence-corrected chi connectivity index (χ2v) is 0. The molecule has 0 rings (SSSR count). The Labute approximate surface area is 65.8 Å². The van der Waals surface area contributed by atoms with Crippen LogP contribution >= 0.6 is 0 Å². The van der Waals surface area contributed by atoms with Gasteiger partial charge in [-0.3, -0.25) is 0 Å². The van der Waals surface area contributed by atoms with Crippen LogP contribution in [0.15, 0.2) is 0 Å². The molecule has 0 aliphatic heterocycles. The molecule has 0 aliphatic carbocycles. The van der Waals surface area contributed by atoms with Crippen LogP contribution in [0, 0.1) is 11.8 Å². The van der Waals surface area contributed by atoms with Crippen molar-refractivity contribution >= 4 is 0 Å². The van der Waals surface area contributed by atoms with Crippen LogP contribution in [0.4, 0.5) is 0 Å². The molecule has 2 N–H and O–H groups in total. The van der Waals surface area contributed by atoms with Crippen molar-refractivity contribution in [3.63, 3.8) is 0 Å². The summed E-state index contributed by atoms with van der Waals surface area (Å²) in [6.07, 6.45) is 0. The van der Waals surface area contributed by atoms with Crippen LogP contribution in [0.25, 0.3) is 6.15 Å². The van der Waals surface area contributed by atoms with Crippen molar-refractivity contribution in [2.24, 2.45) is 0 Å². The third kappa shape index (κ3) is 46.6. The zero-order valence-electron chi connectivity index (χ0n) is 3.88. The van der Waals surface area contributed by atoms with Crippen molar-refractivity contribution in [2.45, 2.75) is 0 Å². The van der Waals surface area contributed by atoms with Crippen LogP contribution in [-0.4, -0.2) is 0 Å². The maximum absolute atomic E-state index is 6.25. The minimum absolute atomic E-state index is 0. The van der Waals surface area contributed by atoms with Gasteiger partial charge in [0.2, 0.25) is 0 Å². The fraction of sp³-hybridized carbons (Fsp3) is 0. The largest absolute Gasteiger partial charge is 2.00 e. The molecule has 5 heavy (non-hydrogen) atoms. The Morgan fingerprint density at radius 2 is 1.40 bits per heavy atom. The molecular weight excluding hydrogens is 119 g/mol. The third-order valence-electron chi connectivity index (χ3n) is 0. The van der Waals surface area contributed by atoms with Crippen LogP contribution in [0.2, 0.25) is 0 Å². The van der Waals surface area contributed by atoms with Gasteiger partial charge in [0, 0.05) is 0 Å². The molecule has 0 saturated carbocycles. The van der Waals surface area contributed by atoms with Crippen molar-refractivity contribution in [2.75, 3.05) is 0 Å². The van der Waals surface area contributed by atoms with Crippen LogP contribution in [0.1, 0.15) is 1.43 Å². The van der Waals surface area contributed by atoms with Crippen LogP contribution in [0.5, 0.6) is 0 Å². The monoisotopic (exact) mass is 122 g/mol. The van der Waals surface area contributed by atoms with Gasteiger partial charge in [0.05, 0.1) is 0 Å². The van der Waals surface area contributed by atoms with Crippen molar-refractivity contribution in [1.82, 2.24) is 0 Å². The van der Waals surface area contributed by atoms with Crippen molar-refractivity contribution < 1.29 is 48.1 Å². The van der Waals surface area contributed by atoms with E-state index in [-0.39, 0.29) is 54.2 Å². The quantitative estimate of drug-likeness (QED) is 0.269. The third-order valence-corrected chi connectivity index (χ3v) is 0. The van der Waals surface area contributed by atoms with Gasteiger partial charge in [-0.2, -0.15) is 0 Å². The summed E-state index contributed by atoms with van der Waals surface area (Å²) in [5, 5.41) is 6.25. The molecule has 2 nitrogen and oxygen atoms in total. The summed E-state index contributed by atoms with van der Waals surface area (Å²) in [6.45, 7) is 4.75. The van der Waals surface area contributed by atoms with Gasteiger partial charge in [-0.1, -0.05) is 0 Å². The Morgan fingerprint density at radius 1 is 1.40 bits per heavy atom. The molecule has 4 heteroatoms. The summed E-state index contributed by atoms with van der Waals surface area (Å²) in [5.74, 6) is 0. The normalized spacial score (nSPS) is 0.400. The van der Waals surface area contributed by atoms with E-state index >= 15 is 0 Å². The number of rotatable bonds is 0. The van der Waals surface area contributed by atoms with E-state index in [1.807, 2.05) is 0 Å². The van der Waals surface area contributed by atoms with Crippen LogP contribution in [0.3, 0.4) is 0 Å². The maximum atomic E-state index is 6.25. The molecule has 0 atom stereocenters. The van der Waals surface area contributed by atoms with Crippen LogP contribution < -0.4 is 29.6 Å². The Bertz CT molecular complexity index is 18.3. The van der Waals surface area contributed by atoms with E-state index in [4.69, 9.17) is 11.8 Å². The molecule has 0 aromatic carbocycles. The second-order valence-electron chi connectivity index (χ2n) is 0. The van der Waals surface area contributed by atoms with E-state index < -0.39 is 0 Å². The summed E-state index contributed by atoms with van der Waals surface area (Å²) in [4.78, 5) is 0. The minimum Gasteiger partial charge on any atom is -1.00 e. The summed E-state index contributed by atoms with van der Waals surface area (Å²) in [7, 11) is 0. The van der Waals surface area contributed by atoms with Gasteiger partial charge in [0.15, 0.2) is 0 Å². The molecule has 0 bridgehead atoms. The number of hydrogen-bond acceptors (Lipinski definition) is 1. The molecule has 0 aromatic rings. The Hall–Kier alpha value is 0.969. The zero-order chi connectivity index (χ0) is 2.00. The zero-order valence-corrected chi connectivity index (χ0v) is 5.98. The molecule has 0 heterocycles. The van der Waals surface area contributed by atoms with Gasteiger partial charge in [0.25, 0.3) is 0 Å². The smallest absolute Gasteiger partial charge is 1.00 e.